The van der Waals surface area contributed by atoms with Gasteiger partial charge in [0.15, 0.2) is 0 Å². The summed E-state index contributed by atoms with van der Waals surface area (Å²) in [7, 11) is 1.63. The van der Waals surface area contributed by atoms with Crippen LogP contribution >= 0.6 is 0 Å². The van der Waals surface area contributed by atoms with Gasteiger partial charge in [-0.1, -0.05) is 23.4 Å². The van der Waals surface area contributed by atoms with Crippen molar-refractivity contribution < 1.29 is 18.8 Å². The van der Waals surface area contributed by atoms with Gasteiger partial charge < -0.3 is 24.2 Å². The Kier molecular flexibility index (Phi) is 6.89. The van der Waals surface area contributed by atoms with Crippen LogP contribution in [0.5, 0.6) is 11.5 Å². The van der Waals surface area contributed by atoms with Crippen LogP contribution in [-0.2, 0) is 11.3 Å². The molecule has 8 nitrogen and oxygen atoms in total. The van der Waals surface area contributed by atoms with E-state index in [9.17, 15) is 4.79 Å². The lowest BCUT2D eigenvalue weighted by molar-refractivity contribution is -0.125. The van der Waals surface area contributed by atoms with Gasteiger partial charge in [-0.05, 0) is 50.1 Å². The first-order valence-corrected chi connectivity index (χ1v) is 10.9. The van der Waals surface area contributed by atoms with Crippen LogP contribution in [0, 0.1) is 5.92 Å². The Morgan fingerprint density at radius 2 is 2.03 bits per heavy atom. The van der Waals surface area contributed by atoms with Crippen molar-refractivity contribution >= 4 is 11.9 Å². The number of anilines is 1. The highest BCUT2D eigenvalue weighted by atomic mass is 16.5. The Bertz CT molecular complexity index is 1030. The topological polar surface area (TPSA) is 89.7 Å². The number of benzene rings is 2. The summed E-state index contributed by atoms with van der Waals surface area (Å²) in [6, 6.07) is 15.7. The van der Waals surface area contributed by atoms with E-state index in [4.69, 9.17) is 14.0 Å². The molecule has 0 bridgehead atoms. The summed E-state index contributed by atoms with van der Waals surface area (Å²) in [5.41, 5.74) is 1.82. The van der Waals surface area contributed by atoms with Gasteiger partial charge in [-0.15, -0.1) is 0 Å². The standard InChI is InChI=1S/C24H28N4O4/c1-3-31-21-9-5-4-7-18(21)15-25-23(29)19-8-6-14-28(16-19)24-26-22(27-32-24)17-10-12-20(30-2)13-11-17/h4-5,7,9-13,19H,3,6,8,14-16H2,1-2H3,(H,25,29)/t19-/m1/s1. The summed E-state index contributed by atoms with van der Waals surface area (Å²) in [4.78, 5) is 19.4. The monoisotopic (exact) mass is 436 g/mol. The van der Waals surface area contributed by atoms with E-state index in [0.29, 0.717) is 31.5 Å². The van der Waals surface area contributed by atoms with Crippen LogP contribution < -0.4 is 19.7 Å². The van der Waals surface area contributed by atoms with E-state index in [1.807, 2.05) is 60.4 Å². The lowest BCUT2D eigenvalue weighted by Gasteiger charge is -2.30. The molecule has 1 amide bonds. The van der Waals surface area contributed by atoms with Crippen LogP contribution in [0.1, 0.15) is 25.3 Å². The molecule has 0 saturated carbocycles. The second kappa shape index (κ2) is 10.2. The number of aromatic nitrogens is 2. The quantitative estimate of drug-likeness (QED) is 0.576. The van der Waals surface area contributed by atoms with Gasteiger partial charge in [-0.2, -0.15) is 4.98 Å². The SMILES string of the molecule is CCOc1ccccc1CNC(=O)[C@@H]1CCCN(c2nc(-c3ccc(OC)cc3)no2)C1. The summed E-state index contributed by atoms with van der Waals surface area (Å²) >= 11 is 0. The molecule has 0 spiro atoms. The minimum Gasteiger partial charge on any atom is -0.497 e. The van der Waals surface area contributed by atoms with Gasteiger partial charge in [0, 0.05) is 30.8 Å². The van der Waals surface area contributed by atoms with Crippen molar-refractivity contribution in [1.29, 1.82) is 0 Å². The van der Waals surface area contributed by atoms with Gasteiger partial charge in [-0.3, -0.25) is 4.79 Å². The summed E-state index contributed by atoms with van der Waals surface area (Å²) in [5.74, 6) is 1.97. The van der Waals surface area contributed by atoms with Crippen molar-refractivity contribution in [3.05, 3.63) is 54.1 Å². The molecule has 0 unspecified atom stereocenters. The third-order valence-corrected chi connectivity index (χ3v) is 5.55. The fraction of sp³-hybridized carbons (Fsp3) is 0.375. The van der Waals surface area contributed by atoms with Crippen LogP contribution in [0.15, 0.2) is 53.1 Å². The summed E-state index contributed by atoms with van der Waals surface area (Å²) in [5, 5.41) is 7.16. The first-order chi connectivity index (χ1) is 15.7. The second-order valence-corrected chi connectivity index (χ2v) is 7.67. The molecule has 1 aliphatic heterocycles. The molecule has 1 saturated heterocycles. The third-order valence-electron chi connectivity index (χ3n) is 5.55. The van der Waals surface area contributed by atoms with Crippen molar-refractivity contribution in [2.45, 2.75) is 26.3 Å². The number of ether oxygens (including phenoxy) is 2. The maximum absolute atomic E-state index is 12.8. The lowest BCUT2D eigenvalue weighted by Crippen LogP contribution is -2.43. The Morgan fingerprint density at radius 3 is 2.81 bits per heavy atom. The van der Waals surface area contributed by atoms with E-state index in [2.05, 4.69) is 15.5 Å². The minimum absolute atomic E-state index is 0.0240. The van der Waals surface area contributed by atoms with Crippen molar-refractivity contribution in [3.8, 4) is 22.9 Å². The van der Waals surface area contributed by atoms with Crippen LogP contribution in [0.4, 0.5) is 6.01 Å². The number of carbonyl (C=O) groups excluding carboxylic acids is 1. The van der Waals surface area contributed by atoms with Gasteiger partial charge in [-0.25, -0.2) is 0 Å². The average molecular weight is 437 g/mol. The highest BCUT2D eigenvalue weighted by molar-refractivity contribution is 5.79. The molecule has 4 rings (SSSR count). The third kappa shape index (κ3) is 5.01. The first kappa shape index (κ1) is 21.7. The van der Waals surface area contributed by atoms with Crippen LogP contribution in [0.25, 0.3) is 11.4 Å². The number of nitrogens with zero attached hydrogens (tertiary/aromatic N) is 3. The van der Waals surface area contributed by atoms with Gasteiger partial charge in [0.25, 0.3) is 0 Å². The van der Waals surface area contributed by atoms with Crippen molar-refractivity contribution in [1.82, 2.24) is 15.5 Å². The maximum atomic E-state index is 12.8. The number of methoxy groups -OCH3 is 1. The molecule has 1 fully saturated rings. The van der Waals surface area contributed by atoms with Gasteiger partial charge in [0.2, 0.25) is 11.7 Å². The van der Waals surface area contributed by atoms with Crippen LogP contribution in [0.2, 0.25) is 0 Å². The fourth-order valence-corrected chi connectivity index (χ4v) is 3.84. The van der Waals surface area contributed by atoms with E-state index in [0.717, 1.165) is 42.0 Å². The maximum Gasteiger partial charge on any atom is 0.324 e. The van der Waals surface area contributed by atoms with E-state index >= 15 is 0 Å². The number of amides is 1. The van der Waals surface area contributed by atoms with Gasteiger partial charge in [0.05, 0.1) is 19.6 Å². The molecule has 1 aromatic heterocycles. The Morgan fingerprint density at radius 1 is 1.22 bits per heavy atom. The number of nitrogens with one attached hydrogen (secondary N) is 1. The molecule has 0 aliphatic carbocycles. The molecular weight excluding hydrogens is 408 g/mol. The number of hydrogen-bond acceptors (Lipinski definition) is 7. The predicted octanol–water partition coefficient (Wildman–Crippen LogP) is 3.68. The van der Waals surface area contributed by atoms with E-state index < -0.39 is 0 Å². The molecule has 168 valence electrons. The molecule has 0 radical (unpaired) electrons. The largest absolute Gasteiger partial charge is 0.497 e. The Balaban J connectivity index is 1.37. The smallest absolute Gasteiger partial charge is 0.324 e. The molecule has 8 heteroatoms. The molecule has 1 N–H and O–H groups in total. The highest BCUT2D eigenvalue weighted by Gasteiger charge is 2.28. The van der Waals surface area contributed by atoms with Crippen molar-refractivity contribution in [2.24, 2.45) is 5.92 Å². The first-order valence-electron chi connectivity index (χ1n) is 10.9. The summed E-state index contributed by atoms with van der Waals surface area (Å²) in [6.07, 6.45) is 1.71. The molecule has 1 atom stereocenters. The second-order valence-electron chi connectivity index (χ2n) is 7.67. The number of hydrogen-bond donors (Lipinski definition) is 1. The van der Waals surface area contributed by atoms with E-state index in [1.165, 1.54) is 0 Å². The number of para-hydroxylation sites is 1. The Labute approximate surface area is 187 Å². The van der Waals surface area contributed by atoms with Crippen molar-refractivity contribution in [3.63, 3.8) is 0 Å². The van der Waals surface area contributed by atoms with E-state index in [1.54, 1.807) is 7.11 Å². The fourth-order valence-electron chi connectivity index (χ4n) is 3.84. The molecular formula is C24H28N4O4. The zero-order chi connectivity index (χ0) is 22.3. The van der Waals surface area contributed by atoms with Gasteiger partial charge >= 0.3 is 6.01 Å². The normalized spacial score (nSPS) is 15.9. The average Bonchev–Trinajstić information content (AvgIpc) is 3.34. The number of piperidine rings is 1. The molecule has 3 aromatic rings. The van der Waals surface area contributed by atoms with Crippen LogP contribution in [0.3, 0.4) is 0 Å². The van der Waals surface area contributed by atoms with Crippen molar-refractivity contribution in [2.75, 3.05) is 31.7 Å². The van der Waals surface area contributed by atoms with Gasteiger partial charge in [0.1, 0.15) is 11.5 Å². The lowest BCUT2D eigenvalue weighted by atomic mass is 9.97. The molecule has 32 heavy (non-hydrogen) atoms. The molecule has 2 heterocycles. The minimum atomic E-state index is -0.139. The summed E-state index contributed by atoms with van der Waals surface area (Å²) < 4.78 is 16.3. The molecule has 2 aromatic carbocycles. The number of rotatable bonds is 8. The van der Waals surface area contributed by atoms with Crippen LogP contribution in [-0.4, -0.2) is 42.9 Å². The van der Waals surface area contributed by atoms with E-state index in [-0.39, 0.29) is 11.8 Å². The molecule has 1 aliphatic rings. The zero-order valence-electron chi connectivity index (χ0n) is 18.4. The summed E-state index contributed by atoms with van der Waals surface area (Å²) in [6.45, 7) is 4.30. The highest BCUT2D eigenvalue weighted by Crippen LogP contribution is 2.26. The predicted molar refractivity (Wildman–Crippen MR) is 121 cm³/mol. The Hall–Kier alpha value is -3.55. The zero-order valence-corrected chi connectivity index (χ0v) is 18.4. The number of carbonyl (C=O) groups is 1.